The van der Waals surface area contributed by atoms with Gasteiger partial charge in [-0.1, -0.05) is 36.4 Å². The number of nitrogens with one attached hydrogen (secondary N) is 1. The number of hydrogen-bond acceptors (Lipinski definition) is 2. The second-order valence-electron chi connectivity index (χ2n) is 8.92. The number of para-hydroxylation sites is 1. The fourth-order valence-electron chi connectivity index (χ4n) is 5.68. The van der Waals surface area contributed by atoms with Crippen LogP contribution in [0, 0.1) is 0 Å². The molecule has 3 aromatic rings. The molecule has 2 aliphatic heterocycles. The summed E-state index contributed by atoms with van der Waals surface area (Å²) in [4.78, 5) is 33.3. The summed E-state index contributed by atoms with van der Waals surface area (Å²) in [5.74, 6) is 0.0580. The first-order valence-electron chi connectivity index (χ1n) is 10.9. The predicted octanol–water partition coefficient (Wildman–Crippen LogP) is 3.36. The topological polar surface area (TPSA) is 56.4 Å². The second-order valence-corrected chi connectivity index (χ2v) is 8.92. The van der Waals surface area contributed by atoms with Crippen molar-refractivity contribution in [2.75, 3.05) is 13.6 Å². The van der Waals surface area contributed by atoms with E-state index in [0.29, 0.717) is 6.42 Å². The Morgan fingerprint density at radius 3 is 2.67 bits per heavy atom. The lowest BCUT2D eigenvalue weighted by Gasteiger charge is -2.46. The molecule has 0 radical (unpaired) electrons. The normalized spacial score (nSPS) is 23.4. The first kappa shape index (κ1) is 17.8. The molecular weight excluding hydrogens is 374 g/mol. The predicted molar refractivity (Wildman–Crippen MR) is 115 cm³/mol. The van der Waals surface area contributed by atoms with Crippen molar-refractivity contribution >= 4 is 22.7 Å². The van der Waals surface area contributed by atoms with Crippen LogP contribution >= 0.6 is 0 Å². The van der Waals surface area contributed by atoms with Gasteiger partial charge >= 0.3 is 0 Å². The number of rotatable bonds is 1. The number of fused-ring (bicyclic) bond motifs is 5. The molecule has 0 unspecified atom stereocenters. The minimum absolute atomic E-state index is 0.0223. The maximum absolute atomic E-state index is 13.2. The van der Waals surface area contributed by atoms with E-state index in [1.54, 1.807) is 11.9 Å². The van der Waals surface area contributed by atoms with Crippen LogP contribution in [0.4, 0.5) is 0 Å². The van der Waals surface area contributed by atoms with Gasteiger partial charge in [0.05, 0.1) is 12.6 Å². The first-order chi connectivity index (χ1) is 14.6. The number of benzene rings is 2. The number of aromatic nitrogens is 1. The molecule has 1 fully saturated rings. The molecule has 0 saturated carbocycles. The van der Waals surface area contributed by atoms with Crippen LogP contribution in [0.5, 0.6) is 0 Å². The Kier molecular flexibility index (Phi) is 3.82. The average Bonchev–Trinajstić information content (AvgIpc) is 3.14. The van der Waals surface area contributed by atoms with Gasteiger partial charge in [0.25, 0.3) is 0 Å². The van der Waals surface area contributed by atoms with Crippen LogP contribution in [0.3, 0.4) is 0 Å². The van der Waals surface area contributed by atoms with E-state index >= 15 is 0 Å². The van der Waals surface area contributed by atoms with E-state index in [1.807, 2.05) is 17.0 Å². The van der Waals surface area contributed by atoms with Crippen LogP contribution < -0.4 is 0 Å². The van der Waals surface area contributed by atoms with Gasteiger partial charge in [0, 0.05) is 30.1 Å². The number of carbonyl (C=O) groups is 2. The van der Waals surface area contributed by atoms with E-state index in [1.165, 1.54) is 29.5 Å². The molecule has 3 aliphatic rings. The van der Waals surface area contributed by atoms with Gasteiger partial charge in [-0.3, -0.25) is 9.59 Å². The third-order valence-corrected chi connectivity index (χ3v) is 7.14. The number of amides is 2. The summed E-state index contributed by atoms with van der Waals surface area (Å²) in [6, 6.07) is 14.3. The van der Waals surface area contributed by atoms with E-state index in [0.717, 1.165) is 35.0 Å². The molecule has 30 heavy (non-hydrogen) atoms. The average molecular weight is 399 g/mol. The Labute approximate surface area is 175 Å². The second kappa shape index (κ2) is 6.46. The molecule has 2 amide bonds. The third-order valence-electron chi connectivity index (χ3n) is 7.14. The van der Waals surface area contributed by atoms with Gasteiger partial charge in [0.15, 0.2) is 0 Å². The van der Waals surface area contributed by atoms with Gasteiger partial charge in [-0.2, -0.15) is 0 Å². The molecule has 1 aliphatic carbocycles. The van der Waals surface area contributed by atoms with E-state index in [9.17, 15) is 9.59 Å². The molecule has 6 rings (SSSR count). The molecule has 5 heteroatoms. The number of likely N-dealkylation sites (N-methyl/N-ethyl adjacent to an activating group) is 1. The quantitative estimate of drug-likeness (QED) is 0.682. The molecule has 152 valence electrons. The third kappa shape index (κ3) is 2.47. The summed E-state index contributed by atoms with van der Waals surface area (Å²) in [5, 5.41) is 1.16. The molecular formula is C25H25N3O2. The monoisotopic (exact) mass is 399 g/mol. The summed E-state index contributed by atoms with van der Waals surface area (Å²) in [6.07, 6.45) is 5.25. The Morgan fingerprint density at radius 1 is 1.00 bits per heavy atom. The molecule has 5 nitrogen and oxygen atoms in total. The summed E-state index contributed by atoms with van der Waals surface area (Å²) in [6.45, 7) is 0.145. The molecule has 1 N–H and O–H groups in total. The first-order valence-corrected chi connectivity index (χ1v) is 10.9. The lowest BCUT2D eigenvalue weighted by atomic mass is 9.83. The number of piperazine rings is 1. The molecule has 3 heterocycles. The van der Waals surface area contributed by atoms with Gasteiger partial charge in [0.2, 0.25) is 11.8 Å². The van der Waals surface area contributed by atoms with Gasteiger partial charge < -0.3 is 14.8 Å². The van der Waals surface area contributed by atoms with Crippen LogP contribution in [0.2, 0.25) is 0 Å². The summed E-state index contributed by atoms with van der Waals surface area (Å²) in [7, 11) is 1.73. The highest BCUT2D eigenvalue weighted by Gasteiger charge is 2.47. The van der Waals surface area contributed by atoms with Crippen LogP contribution in [-0.4, -0.2) is 46.2 Å². The zero-order chi connectivity index (χ0) is 20.4. The molecule has 0 bridgehead atoms. The van der Waals surface area contributed by atoms with Gasteiger partial charge in [-0.15, -0.1) is 0 Å². The van der Waals surface area contributed by atoms with Crippen LogP contribution in [0.25, 0.3) is 10.9 Å². The Balaban J connectivity index is 1.57. The van der Waals surface area contributed by atoms with Crippen molar-refractivity contribution in [3.8, 4) is 0 Å². The van der Waals surface area contributed by atoms with Crippen molar-refractivity contribution in [1.29, 1.82) is 0 Å². The van der Waals surface area contributed by atoms with E-state index in [2.05, 4.69) is 35.3 Å². The Hall–Kier alpha value is -3.08. The zero-order valence-corrected chi connectivity index (χ0v) is 17.1. The van der Waals surface area contributed by atoms with Crippen molar-refractivity contribution < 1.29 is 9.59 Å². The number of carbonyl (C=O) groups excluding carboxylic acids is 2. The van der Waals surface area contributed by atoms with Crippen LogP contribution in [0.15, 0.2) is 42.5 Å². The molecule has 0 spiro atoms. The lowest BCUT2D eigenvalue weighted by Crippen LogP contribution is -2.62. The van der Waals surface area contributed by atoms with Crippen molar-refractivity contribution in [3.05, 3.63) is 70.4 Å². The number of aromatic amines is 1. The highest BCUT2D eigenvalue weighted by molar-refractivity contribution is 5.97. The van der Waals surface area contributed by atoms with Crippen LogP contribution in [0.1, 0.15) is 46.8 Å². The molecule has 2 atom stereocenters. The zero-order valence-electron chi connectivity index (χ0n) is 17.1. The van der Waals surface area contributed by atoms with Crippen molar-refractivity contribution in [3.63, 3.8) is 0 Å². The Morgan fingerprint density at radius 2 is 1.80 bits per heavy atom. The summed E-state index contributed by atoms with van der Waals surface area (Å²) < 4.78 is 0. The van der Waals surface area contributed by atoms with E-state index in [-0.39, 0.29) is 24.4 Å². The molecule has 1 aromatic heterocycles. The number of nitrogens with zero attached hydrogens (tertiary/aromatic N) is 2. The number of H-pyrrole nitrogens is 1. The molecule has 1 saturated heterocycles. The fourth-order valence-corrected chi connectivity index (χ4v) is 5.68. The van der Waals surface area contributed by atoms with Crippen LogP contribution in [-0.2, 0) is 28.9 Å². The number of hydrogen-bond donors (Lipinski definition) is 1. The Bertz CT molecular complexity index is 1190. The van der Waals surface area contributed by atoms with Gasteiger partial charge in [0.1, 0.15) is 6.04 Å². The van der Waals surface area contributed by atoms with Crippen molar-refractivity contribution in [1.82, 2.24) is 14.8 Å². The maximum Gasteiger partial charge on any atom is 0.245 e. The summed E-state index contributed by atoms with van der Waals surface area (Å²) >= 11 is 0. The van der Waals surface area contributed by atoms with E-state index in [4.69, 9.17) is 0 Å². The standard InChI is InChI=1S/C25H25N3O2/c1-27-14-22(29)28-21(25(27)30)13-19-18-8-4-5-9-20(18)26-23(19)24(28)17-11-10-15-6-2-3-7-16(15)12-17/h4-5,8-12,21,24,26H,2-3,6-7,13-14H2,1H3/t21-,24-/m0/s1. The highest BCUT2D eigenvalue weighted by atomic mass is 16.2. The fraction of sp³-hybridized carbons (Fsp3) is 0.360. The molecule has 2 aromatic carbocycles. The van der Waals surface area contributed by atoms with E-state index < -0.39 is 6.04 Å². The largest absolute Gasteiger partial charge is 0.356 e. The van der Waals surface area contributed by atoms with Gasteiger partial charge in [-0.25, -0.2) is 0 Å². The highest BCUT2D eigenvalue weighted by Crippen LogP contribution is 2.43. The van der Waals surface area contributed by atoms with Crippen molar-refractivity contribution in [2.45, 2.75) is 44.2 Å². The smallest absolute Gasteiger partial charge is 0.245 e. The van der Waals surface area contributed by atoms with Crippen molar-refractivity contribution in [2.24, 2.45) is 0 Å². The SMILES string of the molecule is CN1CC(=O)N2[C@@H](c3ccc4c(c3)CCCC4)c3[nH]c4ccccc4c3C[C@H]2C1=O. The minimum Gasteiger partial charge on any atom is -0.356 e. The summed E-state index contributed by atoms with van der Waals surface area (Å²) in [5.41, 5.74) is 7.23. The van der Waals surface area contributed by atoms with Gasteiger partial charge in [-0.05, 0) is 54.0 Å². The minimum atomic E-state index is -0.441. The lowest BCUT2D eigenvalue weighted by molar-refractivity contribution is -0.157. The maximum atomic E-state index is 13.2. The number of aryl methyl sites for hydroxylation is 2.